The van der Waals surface area contributed by atoms with Crippen molar-refractivity contribution in [1.82, 2.24) is 0 Å². The first-order valence-corrected chi connectivity index (χ1v) is 5.78. The molecule has 0 spiro atoms. The van der Waals surface area contributed by atoms with Crippen LogP contribution in [0.5, 0.6) is 5.75 Å². The van der Waals surface area contributed by atoms with Crippen LogP contribution >= 0.6 is 0 Å². The number of nitrogens with zero attached hydrogens (tertiary/aromatic N) is 1. The molecule has 0 aliphatic carbocycles. The number of anilines is 1. The topological polar surface area (TPSA) is 90.7 Å². The van der Waals surface area contributed by atoms with Crippen LogP contribution in [0.1, 0.15) is 13.3 Å². The second-order valence-electron chi connectivity index (χ2n) is 3.74. The summed E-state index contributed by atoms with van der Waals surface area (Å²) in [6.45, 7) is 2.38. The molecule has 7 nitrogen and oxygen atoms in total. The van der Waals surface area contributed by atoms with E-state index < -0.39 is 4.92 Å². The number of amides is 1. The molecule has 1 amide bonds. The number of nitro groups is 1. The zero-order valence-electron chi connectivity index (χ0n) is 10.8. The monoisotopic (exact) mass is 268 g/mol. The highest BCUT2D eigenvalue weighted by atomic mass is 16.6. The minimum Gasteiger partial charge on any atom is -0.494 e. The Hall–Kier alpha value is -2.15. The lowest BCUT2D eigenvalue weighted by Gasteiger charge is -2.10. The number of benzene rings is 1. The van der Waals surface area contributed by atoms with Gasteiger partial charge in [-0.3, -0.25) is 14.9 Å². The Labute approximate surface area is 110 Å². The number of nitrogens with one attached hydrogen (secondary N) is 1. The predicted molar refractivity (Wildman–Crippen MR) is 69.4 cm³/mol. The number of methoxy groups -OCH3 is 1. The maximum atomic E-state index is 11.5. The smallest absolute Gasteiger partial charge is 0.273 e. The molecule has 19 heavy (non-hydrogen) atoms. The van der Waals surface area contributed by atoms with E-state index in [9.17, 15) is 14.9 Å². The van der Waals surface area contributed by atoms with Crippen molar-refractivity contribution >= 4 is 17.3 Å². The van der Waals surface area contributed by atoms with Crippen LogP contribution in [0.15, 0.2) is 18.2 Å². The van der Waals surface area contributed by atoms with Crippen molar-refractivity contribution in [3.05, 3.63) is 28.3 Å². The number of hydrogen-bond donors (Lipinski definition) is 1. The number of carbonyl (C=O) groups excluding carboxylic acids is 1. The van der Waals surface area contributed by atoms with Crippen molar-refractivity contribution in [2.24, 2.45) is 0 Å². The van der Waals surface area contributed by atoms with E-state index in [4.69, 9.17) is 9.47 Å². The van der Waals surface area contributed by atoms with Gasteiger partial charge in [0, 0.05) is 12.7 Å². The van der Waals surface area contributed by atoms with E-state index in [1.165, 1.54) is 25.3 Å². The maximum absolute atomic E-state index is 11.5. The Bertz CT molecular complexity index is 461. The summed E-state index contributed by atoms with van der Waals surface area (Å²) in [4.78, 5) is 21.6. The first-order valence-electron chi connectivity index (χ1n) is 5.78. The SMILES string of the molecule is CCCOCC(=O)Nc1ccc([N+](=O)[O-])cc1OC. The number of ether oxygens (including phenoxy) is 2. The molecule has 0 aliphatic heterocycles. The molecule has 104 valence electrons. The number of nitro benzene ring substituents is 1. The van der Waals surface area contributed by atoms with Crippen LogP contribution in [0.3, 0.4) is 0 Å². The summed E-state index contributed by atoms with van der Waals surface area (Å²) in [6.07, 6.45) is 0.828. The minimum atomic E-state index is -0.529. The lowest BCUT2D eigenvalue weighted by molar-refractivity contribution is -0.384. The van der Waals surface area contributed by atoms with Gasteiger partial charge in [0.1, 0.15) is 12.4 Å². The van der Waals surface area contributed by atoms with E-state index in [0.29, 0.717) is 12.3 Å². The summed E-state index contributed by atoms with van der Waals surface area (Å²) in [6, 6.07) is 3.97. The van der Waals surface area contributed by atoms with Crippen LogP contribution in [0.25, 0.3) is 0 Å². The highest BCUT2D eigenvalue weighted by molar-refractivity contribution is 5.93. The second kappa shape index (κ2) is 7.32. The van der Waals surface area contributed by atoms with Gasteiger partial charge in [0.25, 0.3) is 5.69 Å². The fraction of sp³-hybridized carbons (Fsp3) is 0.417. The summed E-state index contributed by atoms with van der Waals surface area (Å²) < 4.78 is 10.1. The lowest BCUT2D eigenvalue weighted by atomic mass is 10.2. The molecule has 0 radical (unpaired) electrons. The third-order valence-corrected chi connectivity index (χ3v) is 2.25. The highest BCUT2D eigenvalue weighted by Crippen LogP contribution is 2.28. The Balaban J connectivity index is 2.72. The van der Waals surface area contributed by atoms with Gasteiger partial charge in [-0.1, -0.05) is 6.92 Å². The fourth-order valence-corrected chi connectivity index (χ4v) is 1.39. The second-order valence-corrected chi connectivity index (χ2v) is 3.74. The minimum absolute atomic E-state index is 0.0615. The van der Waals surface area contributed by atoms with E-state index in [1.54, 1.807) is 0 Å². The summed E-state index contributed by atoms with van der Waals surface area (Å²) in [5, 5.41) is 13.2. The van der Waals surface area contributed by atoms with Crippen LogP contribution in [0, 0.1) is 10.1 Å². The summed E-state index contributed by atoms with van der Waals surface area (Å²) in [5.41, 5.74) is 0.273. The first kappa shape index (κ1) is 14.9. The Morgan fingerprint density at radius 1 is 1.47 bits per heavy atom. The molecule has 0 heterocycles. The molecule has 0 atom stereocenters. The van der Waals surface area contributed by atoms with Crippen molar-refractivity contribution in [2.75, 3.05) is 25.6 Å². The molecule has 7 heteroatoms. The van der Waals surface area contributed by atoms with Gasteiger partial charge in [0.15, 0.2) is 0 Å². The molecule has 1 aromatic carbocycles. The lowest BCUT2D eigenvalue weighted by Crippen LogP contribution is -2.19. The van der Waals surface area contributed by atoms with E-state index >= 15 is 0 Å². The van der Waals surface area contributed by atoms with E-state index in [2.05, 4.69) is 5.32 Å². The van der Waals surface area contributed by atoms with Crippen molar-refractivity contribution in [3.63, 3.8) is 0 Å². The summed E-state index contributed by atoms with van der Waals surface area (Å²) in [5.74, 6) is -0.0985. The molecule has 1 aromatic rings. The predicted octanol–water partition coefficient (Wildman–Crippen LogP) is 1.97. The quantitative estimate of drug-likeness (QED) is 0.464. The van der Waals surface area contributed by atoms with E-state index in [1.807, 2.05) is 6.92 Å². The van der Waals surface area contributed by atoms with Gasteiger partial charge < -0.3 is 14.8 Å². The molecule has 0 saturated heterocycles. The molecule has 0 aromatic heterocycles. The number of carbonyl (C=O) groups is 1. The normalized spacial score (nSPS) is 10.0. The first-order chi connectivity index (χ1) is 9.08. The Kier molecular flexibility index (Phi) is 5.74. The van der Waals surface area contributed by atoms with Crippen LogP contribution in [0.4, 0.5) is 11.4 Å². The zero-order valence-corrected chi connectivity index (χ0v) is 10.8. The van der Waals surface area contributed by atoms with Crippen LogP contribution in [0.2, 0.25) is 0 Å². The molecule has 0 fully saturated rings. The van der Waals surface area contributed by atoms with Gasteiger partial charge in [-0.2, -0.15) is 0 Å². The molecule has 0 unspecified atom stereocenters. The Morgan fingerprint density at radius 3 is 2.79 bits per heavy atom. The van der Waals surface area contributed by atoms with Gasteiger partial charge in [-0.15, -0.1) is 0 Å². The van der Waals surface area contributed by atoms with Gasteiger partial charge in [0.05, 0.1) is 23.8 Å². The third-order valence-electron chi connectivity index (χ3n) is 2.25. The van der Waals surface area contributed by atoms with Crippen LogP contribution in [-0.4, -0.2) is 31.2 Å². The van der Waals surface area contributed by atoms with Crippen molar-refractivity contribution in [1.29, 1.82) is 0 Å². The number of rotatable bonds is 7. The number of non-ortho nitro benzene ring substituents is 1. The molecule has 0 saturated carbocycles. The van der Waals surface area contributed by atoms with Gasteiger partial charge in [-0.05, 0) is 12.5 Å². The van der Waals surface area contributed by atoms with Gasteiger partial charge >= 0.3 is 0 Å². The van der Waals surface area contributed by atoms with Gasteiger partial charge in [0.2, 0.25) is 5.91 Å². The molecular weight excluding hydrogens is 252 g/mol. The van der Waals surface area contributed by atoms with Crippen molar-refractivity contribution < 1.29 is 19.2 Å². The van der Waals surface area contributed by atoms with Gasteiger partial charge in [-0.25, -0.2) is 0 Å². The average molecular weight is 268 g/mol. The molecule has 0 bridgehead atoms. The zero-order chi connectivity index (χ0) is 14.3. The van der Waals surface area contributed by atoms with Crippen molar-refractivity contribution in [3.8, 4) is 5.75 Å². The largest absolute Gasteiger partial charge is 0.494 e. The average Bonchev–Trinajstić information content (AvgIpc) is 2.39. The van der Waals surface area contributed by atoms with Crippen LogP contribution in [-0.2, 0) is 9.53 Å². The molecular formula is C12H16N2O5. The van der Waals surface area contributed by atoms with Crippen molar-refractivity contribution in [2.45, 2.75) is 13.3 Å². The number of hydrogen-bond acceptors (Lipinski definition) is 5. The summed E-state index contributed by atoms with van der Waals surface area (Å²) in [7, 11) is 1.38. The molecule has 1 rings (SSSR count). The Morgan fingerprint density at radius 2 is 2.21 bits per heavy atom. The highest BCUT2D eigenvalue weighted by Gasteiger charge is 2.13. The molecule has 1 N–H and O–H groups in total. The maximum Gasteiger partial charge on any atom is 0.273 e. The van der Waals surface area contributed by atoms with E-state index in [-0.39, 0.29) is 24.0 Å². The molecule has 0 aliphatic rings. The fourth-order valence-electron chi connectivity index (χ4n) is 1.39. The van der Waals surface area contributed by atoms with E-state index in [0.717, 1.165) is 6.42 Å². The third kappa shape index (κ3) is 4.55. The van der Waals surface area contributed by atoms with Crippen LogP contribution < -0.4 is 10.1 Å². The standard InChI is InChI=1S/C12H16N2O5/c1-3-6-19-8-12(15)13-10-5-4-9(14(16)17)7-11(10)18-2/h4-5,7H,3,6,8H2,1-2H3,(H,13,15). The summed E-state index contributed by atoms with van der Waals surface area (Å²) >= 11 is 0.